The highest BCUT2D eigenvalue weighted by Crippen LogP contribution is 2.15. The minimum absolute atomic E-state index is 0.214. The zero-order valence-corrected chi connectivity index (χ0v) is 8.53. The van der Waals surface area contributed by atoms with Crippen LogP contribution in [0, 0.1) is 0 Å². The predicted molar refractivity (Wildman–Crippen MR) is 51.7 cm³/mol. The number of hydrogen-bond acceptors (Lipinski definition) is 4. The second-order valence-electron chi connectivity index (χ2n) is 3.32. The van der Waals surface area contributed by atoms with Crippen LogP contribution in [0.25, 0.3) is 0 Å². The zero-order chi connectivity index (χ0) is 9.68. The monoisotopic (exact) mass is 188 g/mol. The number of methoxy groups -OCH3 is 1. The molecule has 0 spiro atoms. The van der Waals surface area contributed by atoms with Gasteiger partial charge in [-0.3, -0.25) is 4.90 Å². The Bertz CT molecular complexity index is 144. The summed E-state index contributed by atoms with van der Waals surface area (Å²) in [5, 5.41) is 0. The van der Waals surface area contributed by atoms with E-state index in [-0.39, 0.29) is 12.2 Å². The lowest BCUT2D eigenvalue weighted by Gasteiger charge is -2.16. The maximum Gasteiger partial charge on any atom is 0.0975 e. The molecule has 1 heterocycles. The van der Waals surface area contributed by atoms with Crippen LogP contribution in [0.1, 0.15) is 6.92 Å². The fourth-order valence-electron chi connectivity index (χ4n) is 1.78. The summed E-state index contributed by atoms with van der Waals surface area (Å²) < 4.78 is 10.9. The van der Waals surface area contributed by atoms with Crippen molar-refractivity contribution in [3.8, 4) is 0 Å². The molecule has 0 radical (unpaired) electrons. The van der Waals surface area contributed by atoms with Crippen LogP contribution >= 0.6 is 0 Å². The van der Waals surface area contributed by atoms with E-state index in [2.05, 4.69) is 4.90 Å². The second kappa shape index (κ2) is 5.54. The van der Waals surface area contributed by atoms with Crippen molar-refractivity contribution in [3.63, 3.8) is 0 Å². The van der Waals surface area contributed by atoms with Gasteiger partial charge < -0.3 is 15.2 Å². The number of likely N-dealkylation sites (tertiary alicyclic amines) is 1. The quantitative estimate of drug-likeness (QED) is 0.642. The van der Waals surface area contributed by atoms with Gasteiger partial charge in [0.2, 0.25) is 0 Å². The van der Waals surface area contributed by atoms with Crippen molar-refractivity contribution in [1.82, 2.24) is 4.90 Å². The molecule has 1 rings (SSSR count). The van der Waals surface area contributed by atoms with E-state index in [1.54, 1.807) is 7.11 Å². The fraction of sp³-hybridized carbons (Fsp3) is 1.00. The highest BCUT2D eigenvalue weighted by atomic mass is 16.5. The third kappa shape index (κ3) is 2.91. The molecule has 2 atom stereocenters. The summed E-state index contributed by atoms with van der Waals surface area (Å²) in [6.07, 6.45) is 0.438. The van der Waals surface area contributed by atoms with Crippen LogP contribution < -0.4 is 5.73 Å². The van der Waals surface area contributed by atoms with Gasteiger partial charge in [-0.2, -0.15) is 0 Å². The van der Waals surface area contributed by atoms with Crippen LogP contribution in [-0.2, 0) is 9.47 Å². The molecule has 78 valence electrons. The summed E-state index contributed by atoms with van der Waals surface area (Å²) in [5.41, 5.74) is 5.49. The van der Waals surface area contributed by atoms with Crippen molar-refractivity contribution in [1.29, 1.82) is 0 Å². The Kier molecular flexibility index (Phi) is 4.66. The molecule has 1 aliphatic rings. The Hall–Kier alpha value is -0.160. The summed E-state index contributed by atoms with van der Waals surface area (Å²) in [6, 6.07) is 0. The van der Waals surface area contributed by atoms with Crippen molar-refractivity contribution in [2.75, 3.05) is 39.9 Å². The molecule has 0 aromatic heterocycles. The first-order valence-corrected chi connectivity index (χ1v) is 4.88. The number of ether oxygens (including phenoxy) is 2. The van der Waals surface area contributed by atoms with Crippen molar-refractivity contribution in [2.45, 2.75) is 19.1 Å². The Balaban J connectivity index is 2.36. The van der Waals surface area contributed by atoms with E-state index >= 15 is 0 Å². The smallest absolute Gasteiger partial charge is 0.0975 e. The number of nitrogens with two attached hydrogens (primary N) is 1. The Morgan fingerprint density at radius 1 is 1.38 bits per heavy atom. The molecule has 0 aliphatic carbocycles. The summed E-state index contributed by atoms with van der Waals surface area (Å²) in [6.45, 7) is 6.29. The third-order valence-electron chi connectivity index (χ3n) is 2.42. The van der Waals surface area contributed by atoms with Crippen LogP contribution in [0.15, 0.2) is 0 Å². The van der Waals surface area contributed by atoms with Gasteiger partial charge in [0.15, 0.2) is 0 Å². The van der Waals surface area contributed by atoms with Crippen molar-refractivity contribution >= 4 is 0 Å². The molecule has 4 nitrogen and oxygen atoms in total. The standard InChI is InChI=1S/C9H20N2O2/c1-3-13-9-7-11(5-4-10)6-8(9)12-2/h8-9H,3-7,10H2,1-2H3/t8-,9+/m1/s1. The number of rotatable bonds is 5. The highest BCUT2D eigenvalue weighted by Gasteiger charge is 2.32. The van der Waals surface area contributed by atoms with Crippen molar-refractivity contribution < 1.29 is 9.47 Å². The molecule has 0 bridgehead atoms. The Morgan fingerprint density at radius 2 is 2.08 bits per heavy atom. The average Bonchev–Trinajstić information content (AvgIpc) is 2.49. The lowest BCUT2D eigenvalue weighted by atomic mass is 10.2. The van der Waals surface area contributed by atoms with Gasteiger partial charge in [-0.25, -0.2) is 0 Å². The normalized spacial score (nSPS) is 29.8. The zero-order valence-electron chi connectivity index (χ0n) is 8.53. The van der Waals surface area contributed by atoms with Gasteiger partial charge in [0, 0.05) is 39.9 Å². The average molecular weight is 188 g/mol. The molecule has 0 saturated carbocycles. The minimum atomic E-state index is 0.214. The third-order valence-corrected chi connectivity index (χ3v) is 2.42. The van der Waals surface area contributed by atoms with E-state index in [0.29, 0.717) is 6.54 Å². The number of nitrogens with zero attached hydrogens (tertiary/aromatic N) is 1. The first-order chi connectivity index (χ1) is 6.31. The number of hydrogen-bond donors (Lipinski definition) is 1. The van der Waals surface area contributed by atoms with E-state index in [1.807, 2.05) is 6.92 Å². The van der Waals surface area contributed by atoms with Crippen LogP contribution in [0.4, 0.5) is 0 Å². The lowest BCUT2D eigenvalue weighted by molar-refractivity contribution is -0.0233. The first-order valence-electron chi connectivity index (χ1n) is 4.88. The molecule has 1 aliphatic heterocycles. The van der Waals surface area contributed by atoms with Crippen LogP contribution in [-0.4, -0.2) is 57.0 Å². The SMILES string of the molecule is CCO[C@H]1CN(CCN)C[C@H]1OC. The Labute approximate surface area is 80.0 Å². The van der Waals surface area contributed by atoms with Gasteiger partial charge in [-0.15, -0.1) is 0 Å². The van der Waals surface area contributed by atoms with Gasteiger partial charge in [0.1, 0.15) is 0 Å². The summed E-state index contributed by atoms with van der Waals surface area (Å²) in [7, 11) is 1.74. The van der Waals surface area contributed by atoms with Gasteiger partial charge in [0.25, 0.3) is 0 Å². The summed E-state index contributed by atoms with van der Waals surface area (Å²) >= 11 is 0. The van der Waals surface area contributed by atoms with E-state index in [0.717, 1.165) is 26.2 Å². The van der Waals surface area contributed by atoms with Gasteiger partial charge in [-0.1, -0.05) is 0 Å². The molecule has 0 aromatic carbocycles. The molecule has 0 unspecified atom stereocenters. The molecular formula is C9H20N2O2. The van der Waals surface area contributed by atoms with E-state index < -0.39 is 0 Å². The molecule has 2 N–H and O–H groups in total. The fourth-order valence-corrected chi connectivity index (χ4v) is 1.78. The Morgan fingerprint density at radius 3 is 2.62 bits per heavy atom. The summed E-state index contributed by atoms with van der Waals surface area (Å²) in [5.74, 6) is 0. The maximum absolute atomic E-state index is 5.58. The predicted octanol–water partition coefficient (Wildman–Crippen LogP) is -0.319. The summed E-state index contributed by atoms with van der Waals surface area (Å²) in [4.78, 5) is 2.29. The molecule has 0 aromatic rings. The minimum Gasteiger partial charge on any atom is -0.377 e. The van der Waals surface area contributed by atoms with Crippen molar-refractivity contribution in [3.05, 3.63) is 0 Å². The maximum atomic E-state index is 5.58. The molecule has 13 heavy (non-hydrogen) atoms. The topological polar surface area (TPSA) is 47.7 Å². The van der Waals surface area contributed by atoms with Crippen LogP contribution in [0.3, 0.4) is 0 Å². The highest BCUT2D eigenvalue weighted by molar-refractivity contribution is 4.85. The van der Waals surface area contributed by atoms with Crippen LogP contribution in [0.2, 0.25) is 0 Å². The molecule has 1 saturated heterocycles. The first kappa shape index (κ1) is 10.9. The molecule has 4 heteroatoms. The molecule has 0 amide bonds. The van der Waals surface area contributed by atoms with E-state index in [1.165, 1.54) is 0 Å². The van der Waals surface area contributed by atoms with Crippen LogP contribution in [0.5, 0.6) is 0 Å². The molecular weight excluding hydrogens is 168 g/mol. The largest absolute Gasteiger partial charge is 0.377 e. The van der Waals surface area contributed by atoms with Crippen molar-refractivity contribution in [2.24, 2.45) is 5.73 Å². The van der Waals surface area contributed by atoms with Gasteiger partial charge >= 0.3 is 0 Å². The second-order valence-corrected chi connectivity index (χ2v) is 3.32. The van der Waals surface area contributed by atoms with Gasteiger partial charge in [0.05, 0.1) is 12.2 Å². The van der Waals surface area contributed by atoms with E-state index in [4.69, 9.17) is 15.2 Å². The molecule has 1 fully saturated rings. The lowest BCUT2D eigenvalue weighted by Crippen LogP contribution is -2.28. The van der Waals surface area contributed by atoms with E-state index in [9.17, 15) is 0 Å². The van der Waals surface area contributed by atoms with Gasteiger partial charge in [-0.05, 0) is 6.92 Å².